The summed E-state index contributed by atoms with van der Waals surface area (Å²) in [5, 5.41) is 3.04. The number of benzene rings is 1. The zero-order valence-corrected chi connectivity index (χ0v) is 18.4. The number of aryl methyl sites for hydroxylation is 1. The summed E-state index contributed by atoms with van der Waals surface area (Å²) in [6.07, 6.45) is 3.65. The van der Waals surface area contributed by atoms with Crippen molar-refractivity contribution in [3.63, 3.8) is 0 Å². The molecule has 164 valence electrons. The van der Waals surface area contributed by atoms with Crippen LogP contribution in [0.1, 0.15) is 41.6 Å². The van der Waals surface area contributed by atoms with E-state index in [0.29, 0.717) is 18.7 Å². The molecule has 7 nitrogen and oxygen atoms in total. The van der Waals surface area contributed by atoms with Crippen molar-refractivity contribution in [2.45, 2.75) is 44.7 Å². The third-order valence-electron chi connectivity index (χ3n) is 6.64. The normalized spacial score (nSPS) is 29.1. The molecule has 1 aromatic carbocycles. The monoisotopic (exact) mass is 433 g/mol. The fraction of sp³-hybridized carbons (Fsp3) is 0.636. The Morgan fingerprint density at radius 1 is 1.00 bits per heavy atom. The van der Waals surface area contributed by atoms with Crippen LogP contribution in [0.3, 0.4) is 0 Å². The van der Waals surface area contributed by atoms with Crippen LogP contribution in [0.25, 0.3) is 0 Å². The minimum atomic E-state index is -3.14. The van der Waals surface area contributed by atoms with E-state index in [2.05, 4.69) is 10.2 Å². The Balaban J connectivity index is 1.40. The fourth-order valence-corrected chi connectivity index (χ4v) is 6.91. The number of carbonyl (C=O) groups is 2. The number of hydrogen-bond acceptors (Lipinski definition) is 5. The lowest BCUT2D eigenvalue weighted by molar-refractivity contribution is -0.127. The van der Waals surface area contributed by atoms with Gasteiger partial charge in [-0.2, -0.15) is 0 Å². The number of likely N-dealkylation sites (tertiary alicyclic amines) is 2. The SMILES string of the molecule is Cc1ccc(C(=O)N2CCCC(C(=O)NC3CS(=O)(=O)CC3N3CCCC3)C2)cc1. The quantitative estimate of drug-likeness (QED) is 0.772. The Morgan fingerprint density at radius 2 is 1.70 bits per heavy atom. The van der Waals surface area contributed by atoms with Crippen molar-refractivity contribution in [3.05, 3.63) is 35.4 Å². The predicted octanol–water partition coefficient (Wildman–Crippen LogP) is 1.22. The second kappa shape index (κ2) is 8.67. The van der Waals surface area contributed by atoms with Crippen molar-refractivity contribution in [1.82, 2.24) is 15.1 Å². The molecule has 3 heterocycles. The Morgan fingerprint density at radius 3 is 2.40 bits per heavy atom. The first kappa shape index (κ1) is 21.3. The molecule has 1 N–H and O–H groups in total. The highest BCUT2D eigenvalue weighted by Gasteiger charge is 2.43. The highest BCUT2D eigenvalue weighted by Crippen LogP contribution is 2.24. The van der Waals surface area contributed by atoms with Crippen molar-refractivity contribution in [2.75, 3.05) is 37.7 Å². The summed E-state index contributed by atoms with van der Waals surface area (Å²) in [6.45, 7) is 4.80. The van der Waals surface area contributed by atoms with Crippen LogP contribution in [0, 0.1) is 12.8 Å². The van der Waals surface area contributed by atoms with Gasteiger partial charge in [0.2, 0.25) is 5.91 Å². The Kier molecular flexibility index (Phi) is 6.16. The molecule has 0 saturated carbocycles. The molecular weight excluding hydrogens is 402 g/mol. The molecule has 4 rings (SSSR count). The maximum Gasteiger partial charge on any atom is 0.253 e. The van der Waals surface area contributed by atoms with E-state index >= 15 is 0 Å². The molecule has 8 heteroatoms. The van der Waals surface area contributed by atoms with E-state index in [4.69, 9.17) is 0 Å². The predicted molar refractivity (Wildman–Crippen MR) is 115 cm³/mol. The van der Waals surface area contributed by atoms with Crippen molar-refractivity contribution < 1.29 is 18.0 Å². The van der Waals surface area contributed by atoms with E-state index in [1.165, 1.54) is 0 Å². The van der Waals surface area contributed by atoms with E-state index < -0.39 is 9.84 Å². The molecule has 3 aliphatic heterocycles. The number of sulfone groups is 1. The van der Waals surface area contributed by atoms with Gasteiger partial charge in [-0.1, -0.05) is 17.7 Å². The van der Waals surface area contributed by atoms with Gasteiger partial charge >= 0.3 is 0 Å². The van der Waals surface area contributed by atoms with Crippen molar-refractivity contribution in [1.29, 1.82) is 0 Å². The molecule has 3 fully saturated rings. The lowest BCUT2D eigenvalue weighted by Crippen LogP contribution is -2.53. The van der Waals surface area contributed by atoms with E-state index in [0.717, 1.165) is 44.3 Å². The van der Waals surface area contributed by atoms with E-state index in [1.54, 1.807) is 4.90 Å². The van der Waals surface area contributed by atoms with Crippen LogP contribution in [0.5, 0.6) is 0 Å². The van der Waals surface area contributed by atoms with Gasteiger partial charge in [-0.05, 0) is 57.8 Å². The first-order valence-corrected chi connectivity index (χ1v) is 12.8. The van der Waals surface area contributed by atoms with Gasteiger partial charge in [0.05, 0.1) is 23.5 Å². The van der Waals surface area contributed by atoms with E-state index in [9.17, 15) is 18.0 Å². The molecule has 0 aliphatic carbocycles. The van der Waals surface area contributed by atoms with Gasteiger partial charge in [0.25, 0.3) is 5.91 Å². The Hall–Kier alpha value is -1.93. The minimum Gasteiger partial charge on any atom is -0.350 e. The number of hydrogen-bond donors (Lipinski definition) is 1. The van der Waals surface area contributed by atoms with Crippen LogP contribution in [0.4, 0.5) is 0 Å². The summed E-state index contributed by atoms with van der Waals surface area (Å²) >= 11 is 0. The first-order valence-electron chi connectivity index (χ1n) is 10.9. The molecule has 3 atom stereocenters. The van der Waals surface area contributed by atoms with E-state index in [1.807, 2.05) is 31.2 Å². The number of carbonyl (C=O) groups excluding carboxylic acids is 2. The van der Waals surface area contributed by atoms with Crippen LogP contribution in [0.15, 0.2) is 24.3 Å². The molecular formula is C22H31N3O4S. The van der Waals surface area contributed by atoms with Crippen molar-refractivity contribution in [3.8, 4) is 0 Å². The summed E-state index contributed by atoms with van der Waals surface area (Å²) in [5.74, 6) is -0.330. The van der Waals surface area contributed by atoms with Crippen LogP contribution in [-0.4, -0.2) is 79.8 Å². The number of nitrogens with zero attached hydrogens (tertiary/aromatic N) is 2. The highest BCUT2D eigenvalue weighted by molar-refractivity contribution is 7.91. The second-order valence-corrected chi connectivity index (χ2v) is 11.1. The van der Waals surface area contributed by atoms with Gasteiger partial charge in [0.15, 0.2) is 9.84 Å². The largest absolute Gasteiger partial charge is 0.350 e. The highest BCUT2D eigenvalue weighted by atomic mass is 32.2. The van der Waals surface area contributed by atoms with Gasteiger partial charge in [0.1, 0.15) is 0 Å². The van der Waals surface area contributed by atoms with E-state index in [-0.39, 0.29) is 41.3 Å². The number of piperidine rings is 1. The molecule has 2 amide bonds. The van der Waals surface area contributed by atoms with Crippen LogP contribution < -0.4 is 5.32 Å². The lowest BCUT2D eigenvalue weighted by Gasteiger charge is -2.34. The molecule has 0 bridgehead atoms. The summed E-state index contributed by atoms with van der Waals surface area (Å²) in [6, 6.07) is 7.00. The molecule has 0 aromatic heterocycles. The number of nitrogens with one attached hydrogen (secondary N) is 1. The topological polar surface area (TPSA) is 86.8 Å². The third kappa shape index (κ3) is 4.70. The zero-order chi connectivity index (χ0) is 21.3. The minimum absolute atomic E-state index is 0.0125. The molecule has 3 aliphatic rings. The fourth-order valence-electron chi connectivity index (χ4n) is 4.95. The Bertz CT molecular complexity index is 893. The molecule has 3 saturated heterocycles. The third-order valence-corrected chi connectivity index (χ3v) is 8.35. The van der Waals surface area contributed by atoms with Gasteiger partial charge in [-0.3, -0.25) is 14.5 Å². The van der Waals surface area contributed by atoms with Crippen LogP contribution in [0.2, 0.25) is 0 Å². The Labute approximate surface area is 178 Å². The summed E-state index contributed by atoms with van der Waals surface area (Å²) in [5.41, 5.74) is 1.74. The average molecular weight is 434 g/mol. The van der Waals surface area contributed by atoms with Gasteiger partial charge in [-0.15, -0.1) is 0 Å². The average Bonchev–Trinajstić information content (AvgIpc) is 3.35. The summed E-state index contributed by atoms with van der Waals surface area (Å²) < 4.78 is 24.5. The zero-order valence-electron chi connectivity index (χ0n) is 17.5. The molecule has 0 spiro atoms. The molecule has 1 aromatic rings. The molecule has 30 heavy (non-hydrogen) atoms. The number of rotatable bonds is 4. The summed E-state index contributed by atoms with van der Waals surface area (Å²) in [7, 11) is -3.14. The smallest absolute Gasteiger partial charge is 0.253 e. The maximum atomic E-state index is 13.0. The lowest BCUT2D eigenvalue weighted by atomic mass is 9.95. The van der Waals surface area contributed by atoms with Gasteiger partial charge < -0.3 is 10.2 Å². The van der Waals surface area contributed by atoms with Crippen molar-refractivity contribution >= 4 is 21.7 Å². The standard InChI is InChI=1S/C22H31N3O4S/c1-16-6-8-17(9-7-16)22(27)25-12-4-5-18(13-25)21(26)23-19-14-30(28,29)15-20(19)24-10-2-3-11-24/h6-9,18-20H,2-5,10-15H2,1H3,(H,23,26). The summed E-state index contributed by atoms with van der Waals surface area (Å²) in [4.78, 5) is 29.8. The van der Waals surface area contributed by atoms with Crippen molar-refractivity contribution in [2.24, 2.45) is 5.92 Å². The molecule has 0 radical (unpaired) electrons. The maximum absolute atomic E-state index is 13.0. The van der Waals surface area contributed by atoms with Crippen LogP contribution in [-0.2, 0) is 14.6 Å². The van der Waals surface area contributed by atoms with Gasteiger partial charge in [-0.25, -0.2) is 8.42 Å². The van der Waals surface area contributed by atoms with Crippen LogP contribution >= 0.6 is 0 Å². The first-order chi connectivity index (χ1) is 14.3. The number of amides is 2. The molecule has 3 unspecified atom stereocenters. The van der Waals surface area contributed by atoms with Gasteiger partial charge in [0, 0.05) is 24.7 Å². The second-order valence-electron chi connectivity index (χ2n) is 8.96.